The van der Waals surface area contributed by atoms with Crippen LogP contribution in [-0.2, 0) is 39.9 Å². The van der Waals surface area contributed by atoms with Crippen LogP contribution < -0.4 is 21.5 Å². The summed E-state index contributed by atoms with van der Waals surface area (Å²) in [6.45, 7) is 3.24. The third kappa shape index (κ3) is 6.14. The molecule has 2 atom stereocenters. The molecule has 1 N–H and O–H groups in total. The lowest BCUT2D eigenvalue weighted by molar-refractivity contribution is -0.142. The minimum atomic E-state index is -3.30. The van der Waals surface area contributed by atoms with Gasteiger partial charge in [0.2, 0.25) is 0 Å². The Morgan fingerprint density at radius 3 is 2.43 bits per heavy atom. The van der Waals surface area contributed by atoms with E-state index in [4.69, 9.17) is 4.74 Å². The maximum absolute atomic E-state index is 15.3. The minimum absolute atomic E-state index is 0.0370. The molecule has 2 aromatic heterocycles. The molecule has 0 radical (unpaired) electrons. The van der Waals surface area contributed by atoms with Gasteiger partial charge in [-0.1, -0.05) is 18.2 Å². The van der Waals surface area contributed by atoms with Crippen LogP contribution in [0.5, 0.6) is 0 Å². The summed E-state index contributed by atoms with van der Waals surface area (Å²) >= 11 is 0. The van der Waals surface area contributed by atoms with Gasteiger partial charge in [-0.05, 0) is 37.6 Å². The highest BCUT2D eigenvalue weighted by molar-refractivity contribution is 7.92. The quantitative estimate of drug-likeness (QED) is 0.292. The smallest absolute Gasteiger partial charge is 0.330 e. The molecule has 0 saturated carbocycles. The molecular weight excluding hydrogens is 636 g/mol. The normalized spacial score (nSPS) is 16.6. The van der Waals surface area contributed by atoms with Crippen molar-refractivity contribution in [3.63, 3.8) is 0 Å². The number of fused-ring (bicyclic) bond motifs is 1. The molecule has 0 unspecified atom stereocenters. The number of methoxy groups -OCH3 is 1. The van der Waals surface area contributed by atoms with E-state index in [1.807, 2.05) is 0 Å². The molecule has 1 aliphatic rings. The second-order valence-electron chi connectivity index (χ2n) is 11.5. The summed E-state index contributed by atoms with van der Waals surface area (Å²) in [4.78, 5) is 57.7. The Bertz CT molecular complexity index is 2140. The monoisotopic (exact) mass is 669 g/mol. The van der Waals surface area contributed by atoms with E-state index in [1.54, 1.807) is 38.2 Å². The first-order valence-corrected chi connectivity index (χ1v) is 16.4. The minimum Gasteiger partial charge on any atom is -0.467 e. The molecule has 1 fully saturated rings. The zero-order chi connectivity index (χ0) is 34.4. The van der Waals surface area contributed by atoms with Crippen LogP contribution in [0.2, 0.25) is 0 Å². The molecule has 15 heteroatoms. The van der Waals surface area contributed by atoms with Gasteiger partial charge in [0.15, 0.2) is 9.84 Å². The van der Waals surface area contributed by atoms with Crippen LogP contribution in [0, 0.1) is 18.6 Å². The van der Waals surface area contributed by atoms with E-state index in [-0.39, 0.29) is 36.5 Å². The van der Waals surface area contributed by atoms with Crippen LogP contribution >= 0.6 is 0 Å². The molecule has 0 spiro atoms. The third-order valence-corrected chi connectivity index (χ3v) is 10.8. The zero-order valence-corrected chi connectivity index (χ0v) is 27.2. The number of esters is 1. The highest BCUT2D eigenvalue weighted by Crippen LogP contribution is 2.30. The summed E-state index contributed by atoms with van der Waals surface area (Å²) in [6, 6.07) is 7.17. The summed E-state index contributed by atoms with van der Waals surface area (Å²) in [5.41, 5.74) is 0.213. The van der Waals surface area contributed by atoms with Crippen molar-refractivity contribution in [2.75, 3.05) is 30.9 Å². The summed E-state index contributed by atoms with van der Waals surface area (Å²) < 4.78 is 61.9. The Morgan fingerprint density at radius 1 is 1.11 bits per heavy atom. The number of sulfone groups is 1. The Kier molecular flexibility index (Phi) is 9.04. The number of carbonyl (C=O) groups is 2. The van der Waals surface area contributed by atoms with Crippen LogP contribution in [0.25, 0.3) is 22.0 Å². The lowest BCUT2D eigenvalue weighted by Crippen LogP contribution is -2.46. The SMILES string of the molecule is COC(=O)[C@H](Cc1ccc(-c2c(C)n(C)c(=O)n(C)c2=O)c2ncccc12)NC(=O)c1c(F)cc(N2CCS(=O)(=O)[C@H](C)C2)cc1F. The van der Waals surface area contributed by atoms with Crippen LogP contribution in [-0.4, -0.2) is 71.7 Å². The van der Waals surface area contributed by atoms with E-state index in [0.29, 0.717) is 27.7 Å². The molecule has 1 saturated heterocycles. The Hall–Kier alpha value is -4.92. The molecular formula is C32H33F2N5O7S. The average molecular weight is 670 g/mol. The van der Waals surface area contributed by atoms with Gasteiger partial charge < -0.3 is 19.5 Å². The zero-order valence-electron chi connectivity index (χ0n) is 26.3. The number of ether oxygens (including phenoxy) is 1. The first-order valence-electron chi connectivity index (χ1n) is 14.6. The number of nitrogens with zero attached hydrogens (tertiary/aromatic N) is 4. The number of hydrogen-bond donors (Lipinski definition) is 1. The number of halogens is 2. The predicted molar refractivity (Wildman–Crippen MR) is 171 cm³/mol. The highest BCUT2D eigenvalue weighted by Gasteiger charge is 2.32. The van der Waals surface area contributed by atoms with E-state index in [0.717, 1.165) is 23.8 Å². The third-order valence-electron chi connectivity index (χ3n) is 8.66. The maximum atomic E-state index is 15.3. The van der Waals surface area contributed by atoms with Gasteiger partial charge in [-0.15, -0.1) is 0 Å². The number of hydrogen-bond acceptors (Lipinski definition) is 9. The van der Waals surface area contributed by atoms with Gasteiger partial charge >= 0.3 is 11.7 Å². The number of anilines is 1. The fraction of sp³-hybridized carbons (Fsp3) is 0.344. The van der Waals surface area contributed by atoms with Gasteiger partial charge in [0.05, 0.1) is 29.2 Å². The van der Waals surface area contributed by atoms with Crippen molar-refractivity contribution in [2.24, 2.45) is 14.1 Å². The first-order chi connectivity index (χ1) is 22.2. The topological polar surface area (TPSA) is 150 Å². The molecule has 248 valence electrons. The molecule has 1 aliphatic heterocycles. The number of amides is 1. The van der Waals surface area contributed by atoms with E-state index >= 15 is 8.78 Å². The van der Waals surface area contributed by atoms with Crippen LogP contribution in [0.15, 0.2) is 52.2 Å². The second kappa shape index (κ2) is 12.7. The van der Waals surface area contributed by atoms with Crippen molar-refractivity contribution in [3.05, 3.63) is 91.9 Å². The predicted octanol–water partition coefficient (Wildman–Crippen LogP) is 2.02. The lowest BCUT2D eigenvalue weighted by Gasteiger charge is -2.32. The van der Waals surface area contributed by atoms with Crippen LogP contribution in [0.4, 0.5) is 14.5 Å². The van der Waals surface area contributed by atoms with Gasteiger partial charge in [0.25, 0.3) is 11.5 Å². The number of benzene rings is 2. The molecule has 2 aromatic carbocycles. The second-order valence-corrected chi connectivity index (χ2v) is 14.0. The molecule has 3 heterocycles. The number of nitrogens with one attached hydrogen (secondary N) is 1. The van der Waals surface area contributed by atoms with Gasteiger partial charge in [-0.25, -0.2) is 26.8 Å². The number of rotatable bonds is 7. The summed E-state index contributed by atoms with van der Waals surface area (Å²) in [5.74, 6) is -4.61. The molecule has 1 amide bonds. The number of aromatic nitrogens is 3. The number of carbonyl (C=O) groups excluding carboxylic acids is 2. The summed E-state index contributed by atoms with van der Waals surface area (Å²) in [6.07, 6.45) is 1.36. The molecule has 5 rings (SSSR count). The van der Waals surface area contributed by atoms with E-state index in [1.165, 1.54) is 29.6 Å². The molecule has 47 heavy (non-hydrogen) atoms. The highest BCUT2D eigenvalue weighted by atomic mass is 32.2. The standard InChI is InChI=1S/C32H33F2N5O7S/c1-17-16-39(11-12-47(17,44)45)20-14-23(33)27(24(34)15-20)29(40)36-25(31(42)46-5)13-19-8-9-22(28-21(19)7-6-10-35-28)26-18(2)37(3)32(43)38(4)30(26)41/h6-10,14-15,17,25H,11-13,16H2,1-5H3,(H,36,40)/t17-,25+/m1/s1. The fourth-order valence-electron chi connectivity index (χ4n) is 5.80. The van der Waals surface area contributed by atoms with Gasteiger partial charge in [0.1, 0.15) is 23.2 Å². The summed E-state index contributed by atoms with van der Waals surface area (Å²) in [5, 5.41) is 2.18. The van der Waals surface area contributed by atoms with Crippen molar-refractivity contribution in [1.82, 2.24) is 19.4 Å². The van der Waals surface area contributed by atoms with Gasteiger partial charge in [-0.3, -0.25) is 19.1 Å². The van der Waals surface area contributed by atoms with E-state index in [2.05, 4.69) is 10.3 Å². The van der Waals surface area contributed by atoms with Gasteiger partial charge in [0, 0.05) is 62.1 Å². The average Bonchev–Trinajstić information content (AvgIpc) is 3.03. The van der Waals surface area contributed by atoms with Crippen molar-refractivity contribution in [1.29, 1.82) is 0 Å². The van der Waals surface area contributed by atoms with Crippen molar-refractivity contribution in [3.8, 4) is 11.1 Å². The van der Waals surface area contributed by atoms with Crippen molar-refractivity contribution in [2.45, 2.75) is 31.6 Å². The molecule has 0 aliphatic carbocycles. The molecule has 0 bridgehead atoms. The molecule has 4 aromatic rings. The Morgan fingerprint density at radius 2 is 1.79 bits per heavy atom. The largest absolute Gasteiger partial charge is 0.467 e. The first kappa shape index (κ1) is 33.4. The van der Waals surface area contributed by atoms with Crippen molar-refractivity contribution >= 4 is 38.3 Å². The fourth-order valence-corrected chi connectivity index (χ4v) is 7.08. The lowest BCUT2D eigenvalue weighted by atomic mass is 9.95. The van der Waals surface area contributed by atoms with Gasteiger partial charge in [-0.2, -0.15) is 0 Å². The van der Waals surface area contributed by atoms with Crippen LogP contribution in [0.1, 0.15) is 28.5 Å². The van der Waals surface area contributed by atoms with Crippen molar-refractivity contribution < 1.29 is 31.5 Å². The number of pyridine rings is 1. The molecule has 12 nitrogen and oxygen atoms in total. The van der Waals surface area contributed by atoms with E-state index < -0.39 is 61.5 Å². The Labute approximate surface area is 268 Å². The Balaban J connectivity index is 1.47. The summed E-state index contributed by atoms with van der Waals surface area (Å²) in [7, 11) is 0.733. The maximum Gasteiger partial charge on any atom is 0.330 e. The van der Waals surface area contributed by atoms with E-state index in [9.17, 15) is 27.6 Å². The van der Waals surface area contributed by atoms with Crippen LogP contribution in [0.3, 0.4) is 0 Å².